The smallest absolute Gasteiger partial charge is 0.318 e. The molecule has 1 unspecified atom stereocenters. The molecule has 0 spiro atoms. The van der Waals surface area contributed by atoms with Crippen LogP contribution >= 0.6 is 0 Å². The second kappa shape index (κ2) is 4.00. The molecule has 1 atom stereocenters. The van der Waals surface area contributed by atoms with Crippen LogP contribution in [0, 0.1) is 5.92 Å². The quantitative estimate of drug-likeness (QED) is 0.703. The van der Waals surface area contributed by atoms with Crippen LogP contribution in [0.25, 0.3) is 0 Å². The predicted octanol–water partition coefficient (Wildman–Crippen LogP) is -0.652. The Morgan fingerprint density at radius 2 is 2.10 bits per heavy atom. The molecule has 2 N–H and O–H groups in total. The maximum absolute atomic E-state index is 12.2. The van der Waals surface area contributed by atoms with Gasteiger partial charge in [-0.2, -0.15) is 10.2 Å². The number of piperidine rings is 2. The number of imide groups is 1. The summed E-state index contributed by atoms with van der Waals surface area (Å²) >= 11 is 0. The number of carbonyl (C=O) groups excluding carboxylic acids is 3. The summed E-state index contributed by atoms with van der Waals surface area (Å²) in [5, 5.41) is 13.0. The van der Waals surface area contributed by atoms with Crippen molar-refractivity contribution in [2.75, 3.05) is 6.54 Å². The van der Waals surface area contributed by atoms with E-state index in [0.29, 0.717) is 25.1 Å². The average molecular weight is 287 g/mol. The average Bonchev–Trinajstić information content (AvgIpc) is 2.81. The van der Waals surface area contributed by atoms with Crippen LogP contribution in [0.15, 0.2) is 18.3 Å². The lowest BCUT2D eigenvalue weighted by Crippen LogP contribution is -2.73. The molecule has 8 nitrogen and oxygen atoms in total. The van der Waals surface area contributed by atoms with Gasteiger partial charge in [0.05, 0.1) is 11.7 Å². The third-order valence-corrected chi connectivity index (χ3v) is 4.57. The maximum atomic E-state index is 12.2. The Balaban J connectivity index is 1.59. The Morgan fingerprint density at radius 3 is 2.76 bits per heavy atom. The van der Waals surface area contributed by atoms with E-state index in [4.69, 9.17) is 0 Å². The zero-order valence-corrected chi connectivity index (χ0v) is 11.1. The Kier molecular flexibility index (Phi) is 2.33. The fourth-order valence-electron chi connectivity index (χ4n) is 3.37. The highest BCUT2D eigenvalue weighted by atomic mass is 16.2. The van der Waals surface area contributed by atoms with Crippen molar-refractivity contribution in [1.82, 2.24) is 25.7 Å². The highest BCUT2D eigenvalue weighted by Gasteiger charge is 2.63. The summed E-state index contributed by atoms with van der Waals surface area (Å²) in [6, 6.07) is 2.95. The first kappa shape index (κ1) is 12.2. The predicted molar refractivity (Wildman–Crippen MR) is 68.6 cm³/mol. The van der Waals surface area contributed by atoms with Crippen molar-refractivity contribution >= 4 is 17.8 Å². The molecule has 1 saturated carbocycles. The minimum absolute atomic E-state index is 0.161. The number of hydrogen-bond acceptors (Lipinski definition) is 5. The minimum Gasteiger partial charge on any atom is -0.328 e. The minimum atomic E-state index is -0.875. The van der Waals surface area contributed by atoms with E-state index >= 15 is 0 Å². The van der Waals surface area contributed by atoms with Crippen LogP contribution in [-0.4, -0.2) is 45.0 Å². The molecule has 2 bridgehead atoms. The first-order valence-corrected chi connectivity index (χ1v) is 6.81. The van der Waals surface area contributed by atoms with E-state index < -0.39 is 5.54 Å². The van der Waals surface area contributed by atoms with Gasteiger partial charge in [0.25, 0.3) is 5.91 Å². The molecule has 0 aromatic carbocycles. The summed E-state index contributed by atoms with van der Waals surface area (Å²) in [6.07, 6.45) is 2.39. The molecular formula is C13H13N5O3. The van der Waals surface area contributed by atoms with Gasteiger partial charge in [-0.3, -0.25) is 14.9 Å². The zero-order chi connectivity index (χ0) is 14.6. The SMILES string of the molecule is O=C1NC(=O)C2(N3CC(c4cccnn4)NC3=O)CC1C2. The van der Waals surface area contributed by atoms with Gasteiger partial charge in [0.2, 0.25) is 5.91 Å². The zero-order valence-electron chi connectivity index (χ0n) is 11.1. The number of rotatable bonds is 2. The number of nitrogens with one attached hydrogen (secondary N) is 2. The summed E-state index contributed by atoms with van der Waals surface area (Å²) in [6.45, 7) is 0.353. The summed E-state index contributed by atoms with van der Waals surface area (Å²) in [7, 11) is 0. The molecule has 21 heavy (non-hydrogen) atoms. The third kappa shape index (κ3) is 1.58. The van der Waals surface area contributed by atoms with Gasteiger partial charge in [-0.15, -0.1) is 0 Å². The topological polar surface area (TPSA) is 104 Å². The number of nitrogens with zero attached hydrogens (tertiary/aromatic N) is 3. The van der Waals surface area contributed by atoms with Crippen molar-refractivity contribution in [1.29, 1.82) is 0 Å². The van der Waals surface area contributed by atoms with E-state index in [-0.39, 0.29) is 29.8 Å². The number of aromatic nitrogens is 2. The van der Waals surface area contributed by atoms with Gasteiger partial charge in [0, 0.05) is 18.7 Å². The summed E-state index contributed by atoms with van der Waals surface area (Å²) in [5.41, 5.74) is -0.215. The molecule has 1 aliphatic carbocycles. The Hall–Kier alpha value is -2.51. The van der Waals surface area contributed by atoms with E-state index in [9.17, 15) is 14.4 Å². The molecule has 4 fully saturated rings. The number of carbonyl (C=O) groups is 3. The highest BCUT2D eigenvalue weighted by Crippen LogP contribution is 2.47. The van der Waals surface area contributed by atoms with Crippen LogP contribution in [0.2, 0.25) is 0 Å². The Labute approximate surface area is 119 Å². The number of hydrogen-bond donors (Lipinski definition) is 2. The fourth-order valence-corrected chi connectivity index (χ4v) is 3.37. The molecule has 1 aromatic rings. The first-order chi connectivity index (χ1) is 10.1. The normalized spacial score (nSPS) is 34.3. The summed E-state index contributed by atoms with van der Waals surface area (Å²) in [5.74, 6) is -0.761. The van der Waals surface area contributed by atoms with Crippen LogP contribution in [-0.2, 0) is 9.59 Å². The van der Waals surface area contributed by atoms with Gasteiger partial charge < -0.3 is 10.2 Å². The van der Waals surface area contributed by atoms with Crippen molar-refractivity contribution in [2.45, 2.75) is 24.4 Å². The maximum Gasteiger partial charge on any atom is 0.318 e. The Bertz CT molecular complexity index is 640. The van der Waals surface area contributed by atoms with Gasteiger partial charge in [0.1, 0.15) is 5.54 Å². The number of urea groups is 1. The lowest BCUT2D eigenvalue weighted by molar-refractivity contribution is -0.159. The molecule has 8 heteroatoms. The molecule has 108 valence electrons. The first-order valence-electron chi connectivity index (χ1n) is 6.81. The summed E-state index contributed by atoms with van der Waals surface area (Å²) in [4.78, 5) is 37.4. The second-order valence-corrected chi connectivity index (χ2v) is 5.72. The third-order valence-electron chi connectivity index (χ3n) is 4.57. The Morgan fingerprint density at radius 1 is 1.29 bits per heavy atom. The van der Waals surface area contributed by atoms with E-state index in [0.717, 1.165) is 0 Å². The lowest BCUT2D eigenvalue weighted by atomic mass is 9.63. The molecule has 4 aliphatic rings. The van der Waals surface area contributed by atoms with Gasteiger partial charge >= 0.3 is 6.03 Å². The van der Waals surface area contributed by atoms with Gasteiger partial charge in [-0.25, -0.2) is 4.79 Å². The molecule has 3 aliphatic heterocycles. The van der Waals surface area contributed by atoms with Gasteiger partial charge in [-0.1, -0.05) is 0 Å². The van der Waals surface area contributed by atoms with E-state index in [1.807, 2.05) is 0 Å². The summed E-state index contributed by atoms with van der Waals surface area (Å²) < 4.78 is 0. The van der Waals surface area contributed by atoms with Crippen molar-refractivity contribution in [3.8, 4) is 0 Å². The highest BCUT2D eigenvalue weighted by molar-refractivity contribution is 6.08. The largest absolute Gasteiger partial charge is 0.328 e. The van der Waals surface area contributed by atoms with Crippen molar-refractivity contribution in [3.05, 3.63) is 24.0 Å². The molecule has 4 amide bonds. The van der Waals surface area contributed by atoms with E-state index in [1.54, 1.807) is 18.3 Å². The van der Waals surface area contributed by atoms with Crippen molar-refractivity contribution in [2.24, 2.45) is 5.92 Å². The van der Waals surface area contributed by atoms with Gasteiger partial charge in [-0.05, 0) is 25.0 Å². The fraction of sp³-hybridized carbons (Fsp3) is 0.462. The molecule has 4 heterocycles. The van der Waals surface area contributed by atoms with Crippen molar-refractivity contribution in [3.63, 3.8) is 0 Å². The molecule has 0 radical (unpaired) electrons. The molecule has 3 saturated heterocycles. The van der Waals surface area contributed by atoms with Crippen molar-refractivity contribution < 1.29 is 14.4 Å². The van der Waals surface area contributed by atoms with Crippen LogP contribution < -0.4 is 10.6 Å². The lowest BCUT2D eigenvalue weighted by Gasteiger charge is -2.53. The molecular weight excluding hydrogens is 274 g/mol. The molecule has 5 rings (SSSR count). The second-order valence-electron chi connectivity index (χ2n) is 5.72. The molecule has 1 aromatic heterocycles. The number of fused-ring (bicyclic) bond motifs is 2. The monoisotopic (exact) mass is 287 g/mol. The van der Waals surface area contributed by atoms with E-state index in [1.165, 1.54) is 4.90 Å². The van der Waals surface area contributed by atoms with Crippen LogP contribution in [0.3, 0.4) is 0 Å². The van der Waals surface area contributed by atoms with Crippen LogP contribution in [0.1, 0.15) is 24.6 Å². The van der Waals surface area contributed by atoms with Gasteiger partial charge in [0.15, 0.2) is 0 Å². The van der Waals surface area contributed by atoms with Crippen LogP contribution in [0.4, 0.5) is 4.79 Å². The standard InChI is InChI=1S/C13H13N5O3/c19-10-7-4-13(5-7,11(20)16-10)18-6-9(15-12(18)21)8-2-1-3-14-17-8/h1-3,7,9H,4-6H2,(H,15,21)(H,16,19,20). The number of amides is 4. The van der Waals surface area contributed by atoms with Crippen LogP contribution in [0.5, 0.6) is 0 Å². The van der Waals surface area contributed by atoms with E-state index in [2.05, 4.69) is 20.8 Å².